The molecule has 0 unspecified atom stereocenters. The molecule has 1 saturated heterocycles. The highest BCUT2D eigenvalue weighted by atomic mass is 79.9. The van der Waals surface area contributed by atoms with E-state index in [-0.39, 0.29) is 5.82 Å². The summed E-state index contributed by atoms with van der Waals surface area (Å²) in [4.78, 5) is 14.0. The quantitative estimate of drug-likeness (QED) is 0.909. The van der Waals surface area contributed by atoms with Gasteiger partial charge in [-0.1, -0.05) is 6.92 Å². The van der Waals surface area contributed by atoms with Gasteiger partial charge in [0.1, 0.15) is 5.82 Å². The first-order chi connectivity index (χ1) is 9.58. The van der Waals surface area contributed by atoms with Crippen molar-refractivity contribution in [1.82, 2.24) is 4.90 Å². The molecule has 1 aliphatic rings. The van der Waals surface area contributed by atoms with E-state index in [0.717, 1.165) is 26.1 Å². The Morgan fingerprint density at radius 3 is 3.05 bits per heavy atom. The third-order valence-electron chi connectivity index (χ3n) is 3.44. The highest BCUT2D eigenvalue weighted by molar-refractivity contribution is 9.10. The number of benzene rings is 1. The molecule has 0 aliphatic carbocycles. The van der Waals surface area contributed by atoms with Gasteiger partial charge >= 0.3 is 6.09 Å². The SMILES string of the molecule is CCN1CC[C@@H](COC(=O)Nc2ccc(F)cc2Br)C1. The molecule has 0 radical (unpaired) electrons. The molecule has 4 nitrogen and oxygen atoms in total. The Bertz CT molecular complexity index is 484. The van der Waals surface area contributed by atoms with Gasteiger partial charge in [0, 0.05) is 16.9 Å². The van der Waals surface area contributed by atoms with Crippen LogP contribution in [0.3, 0.4) is 0 Å². The standard InChI is InChI=1S/C14H18BrFN2O2/c1-2-18-6-5-10(8-18)9-20-14(19)17-13-4-3-11(16)7-12(13)15/h3-4,7,10H,2,5-6,8-9H2,1H3,(H,17,19)/t10-/m1/s1. The predicted molar refractivity (Wildman–Crippen MR) is 79.3 cm³/mol. The van der Waals surface area contributed by atoms with Crippen molar-refractivity contribution in [2.75, 3.05) is 31.6 Å². The monoisotopic (exact) mass is 344 g/mol. The molecule has 1 amide bonds. The van der Waals surface area contributed by atoms with Crippen LogP contribution in [-0.4, -0.2) is 37.2 Å². The Kier molecular flexibility index (Phi) is 5.37. The summed E-state index contributed by atoms with van der Waals surface area (Å²) in [5.74, 6) is 0.0405. The maximum absolute atomic E-state index is 12.9. The van der Waals surface area contributed by atoms with Crippen LogP contribution >= 0.6 is 15.9 Å². The maximum atomic E-state index is 12.9. The number of carbonyl (C=O) groups is 1. The number of nitrogens with zero attached hydrogens (tertiary/aromatic N) is 1. The second-order valence-electron chi connectivity index (χ2n) is 4.90. The number of hydrogen-bond acceptors (Lipinski definition) is 3. The zero-order chi connectivity index (χ0) is 14.5. The second-order valence-corrected chi connectivity index (χ2v) is 5.75. The molecular weight excluding hydrogens is 327 g/mol. The average molecular weight is 345 g/mol. The number of nitrogens with one attached hydrogen (secondary N) is 1. The van der Waals surface area contributed by atoms with Crippen LogP contribution in [0.2, 0.25) is 0 Å². The first-order valence-electron chi connectivity index (χ1n) is 6.69. The molecule has 6 heteroatoms. The van der Waals surface area contributed by atoms with E-state index >= 15 is 0 Å². The van der Waals surface area contributed by atoms with E-state index in [1.165, 1.54) is 18.2 Å². The molecule has 1 heterocycles. The number of amides is 1. The third kappa shape index (κ3) is 4.18. The topological polar surface area (TPSA) is 41.6 Å². The molecule has 1 N–H and O–H groups in total. The molecule has 0 aromatic heterocycles. The fourth-order valence-corrected chi connectivity index (χ4v) is 2.72. The summed E-state index contributed by atoms with van der Waals surface area (Å²) in [5, 5.41) is 2.60. The Morgan fingerprint density at radius 1 is 1.60 bits per heavy atom. The van der Waals surface area contributed by atoms with Crippen LogP contribution in [0.1, 0.15) is 13.3 Å². The minimum Gasteiger partial charge on any atom is -0.449 e. The third-order valence-corrected chi connectivity index (χ3v) is 4.09. The number of likely N-dealkylation sites (tertiary alicyclic amines) is 1. The first kappa shape index (κ1) is 15.3. The molecule has 1 aromatic carbocycles. The van der Waals surface area contributed by atoms with Gasteiger partial charge in [0.2, 0.25) is 0 Å². The van der Waals surface area contributed by atoms with Gasteiger partial charge in [-0.15, -0.1) is 0 Å². The lowest BCUT2D eigenvalue weighted by atomic mass is 10.1. The van der Waals surface area contributed by atoms with Crippen LogP contribution in [0.25, 0.3) is 0 Å². The lowest BCUT2D eigenvalue weighted by Gasteiger charge is -2.14. The molecule has 1 aliphatic heterocycles. The van der Waals surface area contributed by atoms with E-state index in [2.05, 4.69) is 33.1 Å². The largest absolute Gasteiger partial charge is 0.449 e. The molecule has 0 spiro atoms. The molecular formula is C14H18BrFN2O2. The van der Waals surface area contributed by atoms with E-state index in [1.54, 1.807) is 0 Å². The van der Waals surface area contributed by atoms with Crippen molar-refractivity contribution < 1.29 is 13.9 Å². The summed E-state index contributed by atoms with van der Waals surface area (Å²) in [7, 11) is 0. The Labute approximate surface area is 126 Å². The van der Waals surface area contributed by atoms with Gasteiger partial charge in [0.05, 0.1) is 12.3 Å². The number of rotatable bonds is 4. The highest BCUT2D eigenvalue weighted by Crippen LogP contribution is 2.23. The Balaban J connectivity index is 1.78. The van der Waals surface area contributed by atoms with Crippen molar-refractivity contribution >= 4 is 27.7 Å². The number of ether oxygens (including phenoxy) is 1. The average Bonchev–Trinajstić information content (AvgIpc) is 2.88. The summed E-state index contributed by atoms with van der Waals surface area (Å²) >= 11 is 3.19. The zero-order valence-corrected chi connectivity index (χ0v) is 13.0. The normalized spacial score (nSPS) is 19.1. The lowest BCUT2D eigenvalue weighted by molar-refractivity contribution is 0.141. The minimum absolute atomic E-state index is 0.360. The van der Waals surface area contributed by atoms with Crippen LogP contribution in [-0.2, 0) is 4.74 Å². The van der Waals surface area contributed by atoms with Gasteiger partial charge in [-0.3, -0.25) is 5.32 Å². The Hall–Kier alpha value is -1.14. The van der Waals surface area contributed by atoms with Crippen LogP contribution < -0.4 is 5.32 Å². The molecule has 20 heavy (non-hydrogen) atoms. The predicted octanol–water partition coefficient (Wildman–Crippen LogP) is 3.48. The lowest BCUT2D eigenvalue weighted by Crippen LogP contribution is -2.23. The van der Waals surface area contributed by atoms with E-state index in [4.69, 9.17) is 4.74 Å². The summed E-state index contributed by atoms with van der Waals surface area (Å²) < 4.78 is 18.6. The van der Waals surface area contributed by atoms with E-state index < -0.39 is 6.09 Å². The van der Waals surface area contributed by atoms with Gasteiger partial charge in [0.15, 0.2) is 0 Å². The van der Waals surface area contributed by atoms with Gasteiger partial charge in [-0.2, -0.15) is 0 Å². The number of carbonyl (C=O) groups excluding carboxylic acids is 1. The van der Waals surface area contributed by atoms with E-state index in [9.17, 15) is 9.18 Å². The Morgan fingerprint density at radius 2 is 2.40 bits per heavy atom. The van der Waals surface area contributed by atoms with Crippen molar-refractivity contribution in [3.63, 3.8) is 0 Å². The fraction of sp³-hybridized carbons (Fsp3) is 0.500. The summed E-state index contributed by atoms with van der Waals surface area (Å²) in [5.41, 5.74) is 0.498. The molecule has 110 valence electrons. The molecule has 0 saturated carbocycles. The number of halogens is 2. The van der Waals surface area contributed by atoms with E-state index in [0.29, 0.717) is 22.7 Å². The van der Waals surface area contributed by atoms with Gasteiger partial charge < -0.3 is 9.64 Å². The van der Waals surface area contributed by atoms with Crippen molar-refractivity contribution in [1.29, 1.82) is 0 Å². The summed E-state index contributed by atoms with van der Waals surface area (Å²) in [6, 6.07) is 4.08. The van der Waals surface area contributed by atoms with Crippen molar-refractivity contribution in [2.45, 2.75) is 13.3 Å². The van der Waals surface area contributed by atoms with Crippen molar-refractivity contribution in [3.05, 3.63) is 28.5 Å². The van der Waals surface area contributed by atoms with Crippen LogP contribution in [0.15, 0.2) is 22.7 Å². The van der Waals surface area contributed by atoms with Crippen molar-refractivity contribution in [3.8, 4) is 0 Å². The van der Waals surface area contributed by atoms with E-state index in [1.807, 2.05) is 0 Å². The summed E-state index contributed by atoms with van der Waals surface area (Å²) in [6.45, 7) is 5.62. The molecule has 0 bridgehead atoms. The molecule has 1 atom stereocenters. The van der Waals surface area contributed by atoms with Crippen LogP contribution in [0.4, 0.5) is 14.9 Å². The maximum Gasteiger partial charge on any atom is 0.411 e. The van der Waals surface area contributed by atoms with Gasteiger partial charge in [-0.25, -0.2) is 9.18 Å². The van der Waals surface area contributed by atoms with Gasteiger partial charge in [0.25, 0.3) is 0 Å². The zero-order valence-electron chi connectivity index (χ0n) is 11.4. The van der Waals surface area contributed by atoms with Crippen molar-refractivity contribution in [2.24, 2.45) is 5.92 Å². The first-order valence-corrected chi connectivity index (χ1v) is 7.49. The number of anilines is 1. The van der Waals surface area contributed by atoms with Crippen LogP contribution in [0.5, 0.6) is 0 Å². The number of hydrogen-bond donors (Lipinski definition) is 1. The summed E-state index contributed by atoms with van der Waals surface area (Å²) in [6.07, 6.45) is 0.550. The molecule has 1 fully saturated rings. The smallest absolute Gasteiger partial charge is 0.411 e. The molecule has 2 rings (SSSR count). The second kappa shape index (κ2) is 7.04. The fourth-order valence-electron chi connectivity index (χ4n) is 2.27. The van der Waals surface area contributed by atoms with Crippen LogP contribution in [0, 0.1) is 11.7 Å². The van der Waals surface area contributed by atoms with Gasteiger partial charge in [-0.05, 0) is 53.6 Å². The minimum atomic E-state index is -0.507. The highest BCUT2D eigenvalue weighted by Gasteiger charge is 2.22. The molecule has 1 aromatic rings.